The molecular weight excluding hydrogens is 446 g/mol. The number of hydrogen-bond acceptors (Lipinski definition) is 6. The average Bonchev–Trinajstić information content (AvgIpc) is 3.37. The van der Waals surface area contributed by atoms with Gasteiger partial charge in [-0.1, -0.05) is 12.8 Å². The predicted octanol–water partition coefficient (Wildman–Crippen LogP) is 3.37. The highest BCUT2D eigenvalue weighted by molar-refractivity contribution is 6.11. The molecule has 0 bridgehead atoms. The van der Waals surface area contributed by atoms with Gasteiger partial charge < -0.3 is 24.4 Å². The summed E-state index contributed by atoms with van der Waals surface area (Å²) in [4.78, 5) is 30.3. The highest BCUT2D eigenvalue weighted by atomic mass is 16.5. The first-order chi connectivity index (χ1) is 16.8. The Morgan fingerprint density at radius 2 is 1.69 bits per heavy atom. The lowest BCUT2D eigenvalue weighted by Crippen LogP contribution is -2.59. The van der Waals surface area contributed by atoms with E-state index in [1.54, 1.807) is 39.5 Å². The van der Waals surface area contributed by atoms with Gasteiger partial charge in [-0.3, -0.25) is 14.5 Å². The Morgan fingerprint density at radius 1 is 1.00 bits per heavy atom. The first kappa shape index (κ1) is 25.8. The zero-order valence-corrected chi connectivity index (χ0v) is 21.0. The summed E-state index contributed by atoms with van der Waals surface area (Å²) in [6.45, 7) is 0.234. The number of amides is 2. The molecule has 1 aliphatic carbocycles. The van der Waals surface area contributed by atoms with Crippen LogP contribution in [0.15, 0.2) is 36.4 Å². The van der Waals surface area contributed by atoms with Crippen LogP contribution in [0.1, 0.15) is 31.2 Å². The summed E-state index contributed by atoms with van der Waals surface area (Å²) in [6, 6.07) is 10.8. The number of benzene rings is 2. The van der Waals surface area contributed by atoms with E-state index in [4.69, 9.17) is 20.6 Å². The molecule has 0 unspecified atom stereocenters. The van der Waals surface area contributed by atoms with Gasteiger partial charge in [-0.05, 0) is 49.1 Å². The molecule has 2 aromatic rings. The molecule has 2 aromatic carbocycles. The smallest absolute Gasteiger partial charge is 0.303 e. The minimum absolute atomic E-state index is 0.234. The zero-order valence-electron chi connectivity index (χ0n) is 21.0. The fourth-order valence-corrected chi connectivity index (χ4v) is 4.64. The van der Waals surface area contributed by atoms with Gasteiger partial charge in [-0.25, -0.2) is 0 Å². The average molecular weight is 480 g/mol. The highest BCUT2D eigenvalue weighted by Gasteiger charge is 2.49. The molecule has 1 saturated carbocycles. The van der Waals surface area contributed by atoms with Crippen LogP contribution in [0.25, 0.3) is 0 Å². The van der Waals surface area contributed by atoms with Crippen LogP contribution in [0.2, 0.25) is 0 Å². The minimum Gasteiger partial charge on any atom is -0.497 e. The van der Waals surface area contributed by atoms with Crippen molar-refractivity contribution < 1.29 is 23.8 Å². The summed E-state index contributed by atoms with van der Waals surface area (Å²) in [7, 11) is 8.51. The van der Waals surface area contributed by atoms with E-state index in [1.807, 2.05) is 37.2 Å². The normalized spacial score (nSPS) is 13.9. The van der Waals surface area contributed by atoms with Crippen molar-refractivity contribution in [3.05, 3.63) is 42.0 Å². The second-order valence-corrected chi connectivity index (χ2v) is 8.63. The molecule has 0 atom stereocenters. The number of anilines is 2. The molecule has 0 saturated heterocycles. The number of methoxy groups -OCH3 is 3. The number of hydrogen-bond donors (Lipinski definition) is 1. The van der Waals surface area contributed by atoms with Crippen LogP contribution in [0.3, 0.4) is 0 Å². The third kappa shape index (κ3) is 5.14. The molecule has 0 radical (unpaired) electrons. The number of rotatable bonds is 9. The molecule has 35 heavy (non-hydrogen) atoms. The Kier molecular flexibility index (Phi) is 8.13. The van der Waals surface area contributed by atoms with Crippen molar-refractivity contribution in [1.29, 1.82) is 0 Å². The van der Waals surface area contributed by atoms with Crippen LogP contribution in [0.5, 0.6) is 17.2 Å². The van der Waals surface area contributed by atoms with Crippen molar-refractivity contribution in [2.24, 2.45) is 0 Å². The Labute approximate surface area is 207 Å². The molecule has 1 fully saturated rings. The van der Waals surface area contributed by atoms with Gasteiger partial charge in [0.15, 0.2) is 0 Å². The molecule has 0 aromatic heterocycles. The maximum Gasteiger partial charge on any atom is 0.303 e. The largest absolute Gasteiger partial charge is 0.497 e. The standard InChI is InChI=1S/C27H33N3O5/c1-7-25(31)30(20-11-13-23(34-5)22(16-20)29(2)3)27(14-8-9-15-27)26(32)28-18-19-10-12-21(33-4)17-24(19)35-6/h1,10-13,16-17H,8-9,14-15,18H2,2-6H3,(H,28,32). The van der Waals surface area contributed by atoms with Crippen LogP contribution >= 0.6 is 0 Å². The molecule has 186 valence electrons. The first-order valence-corrected chi connectivity index (χ1v) is 11.5. The van der Waals surface area contributed by atoms with E-state index in [0.717, 1.165) is 24.1 Å². The number of nitrogens with zero attached hydrogens (tertiary/aromatic N) is 2. The lowest BCUT2D eigenvalue weighted by Gasteiger charge is -2.39. The fourth-order valence-electron chi connectivity index (χ4n) is 4.64. The van der Waals surface area contributed by atoms with Gasteiger partial charge >= 0.3 is 5.91 Å². The Hall–Kier alpha value is -3.86. The monoisotopic (exact) mass is 479 g/mol. The molecule has 0 aliphatic heterocycles. The van der Waals surface area contributed by atoms with Gasteiger partial charge in [0.1, 0.15) is 22.8 Å². The predicted molar refractivity (Wildman–Crippen MR) is 136 cm³/mol. The molecular formula is C27H33N3O5. The second kappa shape index (κ2) is 11.0. The van der Waals surface area contributed by atoms with Crippen molar-refractivity contribution in [1.82, 2.24) is 5.32 Å². The molecule has 2 amide bonds. The van der Waals surface area contributed by atoms with E-state index in [2.05, 4.69) is 11.2 Å². The van der Waals surface area contributed by atoms with Gasteiger partial charge in [0, 0.05) is 38.0 Å². The van der Waals surface area contributed by atoms with Crippen LogP contribution in [-0.4, -0.2) is 52.8 Å². The SMILES string of the molecule is C#CC(=O)N(c1ccc(OC)c(N(C)C)c1)C1(C(=O)NCc2ccc(OC)cc2OC)CCCC1. The van der Waals surface area contributed by atoms with E-state index >= 15 is 0 Å². The third-order valence-corrected chi connectivity index (χ3v) is 6.44. The summed E-state index contributed by atoms with van der Waals surface area (Å²) < 4.78 is 16.2. The lowest BCUT2D eigenvalue weighted by molar-refractivity contribution is -0.129. The number of carbonyl (C=O) groups is 2. The fraction of sp³-hybridized carbons (Fsp3) is 0.407. The van der Waals surface area contributed by atoms with E-state index in [-0.39, 0.29) is 12.5 Å². The van der Waals surface area contributed by atoms with Crippen LogP contribution in [0, 0.1) is 12.3 Å². The van der Waals surface area contributed by atoms with Crippen molar-refractivity contribution in [2.75, 3.05) is 45.2 Å². The van der Waals surface area contributed by atoms with Crippen LogP contribution in [-0.2, 0) is 16.1 Å². The summed E-state index contributed by atoms with van der Waals surface area (Å²) in [6.07, 6.45) is 8.22. The van der Waals surface area contributed by atoms with Gasteiger partial charge in [0.2, 0.25) is 5.91 Å². The van der Waals surface area contributed by atoms with Gasteiger partial charge in [0.25, 0.3) is 0 Å². The van der Waals surface area contributed by atoms with Crippen molar-refractivity contribution in [2.45, 2.75) is 37.8 Å². The Balaban J connectivity index is 1.98. The topological polar surface area (TPSA) is 80.3 Å². The van der Waals surface area contributed by atoms with Crippen LogP contribution in [0.4, 0.5) is 11.4 Å². The molecule has 0 spiro atoms. The Morgan fingerprint density at radius 3 is 2.26 bits per heavy atom. The molecule has 8 nitrogen and oxygen atoms in total. The first-order valence-electron chi connectivity index (χ1n) is 11.5. The number of terminal acetylenes is 1. The highest BCUT2D eigenvalue weighted by Crippen LogP contribution is 2.41. The van der Waals surface area contributed by atoms with Crippen molar-refractivity contribution >= 4 is 23.2 Å². The zero-order chi connectivity index (χ0) is 25.6. The molecule has 3 rings (SSSR count). The molecule has 1 N–H and O–H groups in total. The summed E-state index contributed by atoms with van der Waals surface area (Å²) in [5.41, 5.74) is 1.03. The summed E-state index contributed by atoms with van der Waals surface area (Å²) in [5, 5.41) is 3.03. The van der Waals surface area contributed by atoms with E-state index in [1.165, 1.54) is 4.90 Å². The maximum atomic E-state index is 13.8. The van der Waals surface area contributed by atoms with Gasteiger partial charge in [-0.15, -0.1) is 6.42 Å². The summed E-state index contributed by atoms with van der Waals surface area (Å²) in [5.74, 6) is 3.34. The van der Waals surface area contributed by atoms with Crippen molar-refractivity contribution in [3.8, 4) is 29.6 Å². The molecule has 8 heteroatoms. The van der Waals surface area contributed by atoms with E-state index < -0.39 is 11.4 Å². The Bertz CT molecular complexity index is 1120. The number of ether oxygens (including phenoxy) is 3. The van der Waals surface area contributed by atoms with Crippen molar-refractivity contribution in [3.63, 3.8) is 0 Å². The van der Waals surface area contributed by atoms with Gasteiger partial charge in [-0.2, -0.15) is 0 Å². The van der Waals surface area contributed by atoms with Gasteiger partial charge in [0.05, 0.1) is 27.0 Å². The van der Waals surface area contributed by atoms with Crippen LogP contribution < -0.4 is 29.3 Å². The quantitative estimate of drug-likeness (QED) is 0.556. The maximum absolute atomic E-state index is 13.8. The third-order valence-electron chi connectivity index (χ3n) is 6.44. The van der Waals surface area contributed by atoms with E-state index in [0.29, 0.717) is 35.8 Å². The summed E-state index contributed by atoms with van der Waals surface area (Å²) >= 11 is 0. The van der Waals surface area contributed by atoms with E-state index in [9.17, 15) is 9.59 Å². The second-order valence-electron chi connectivity index (χ2n) is 8.63. The molecule has 0 heterocycles. The number of nitrogens with one attached hydrogen (secondary N) is 1. The minimum atomic E-state index is -1.10. The number of carbonyl (C=O) groups excluding carboxylic acids is 2. The molecule has 1 aliphatic rings. The lowest BCUT2D eigenvalue weighted by atomic mass is 9.92.